The summed E-state index contributed by atoms with van der Waals surface area (Å²) in [6.07, 6.45) is 5.69. The maximum atomic E-state index is 12.4. The van der Waals surface area contributed by atoms with Crippen molar-refractivity contribution in [3.05, 3.63) is 59.4 Å². The van der Waals surface area contributed by atoms with Gasteiger partial charge in [0.05, 0.1) is 0 Å². The third-order valence-corrected chi connectivity index (χ3v) is 4.49. The Morgan fingerprint density at radius 3 is 2.31 bits per heavy atom. The van der Waals surface area contributed by atoms with E-state index in [1.165, 1.54) is 19.2 Å². The number of aromatic nitrogens is 1. The molecule has 0 unspecified atom stereocenters. The number of hydrogen-bond donors (Lipinski definition) is 2. The molecule has 1 heterocycles. The van der Waals surface area contributed by atoms with Crippen molar-refractivity contribution in [1.82, 2.24) is 10.3 Å². The van der Waals surface area contributed by atoms with Gasteiger partial charge in [-0.2, -0.15) is 0 Å². The highest BCUT2D eigenvalue weighted by molar-refractivity contribution is 6.06. The van der Waals surface area contributed by atoms with Crippen molar-refractivity contribution < 1.29 is 14.4 Å². The largest absolute Gasteiger partial charge is 0.348 e. The number of pyridine rings is 1. The molecule has 1 fully saturated rings. The van der Waals surface area contributed by atoms with Crippen LogP contribution >= 0.6 is 0 Å². The summed E-state index contributed by atoms with van der Waals surface area (Å²) in [5.74, 6) is -0.620. The van der Waals surface area contributed by atoms with Gasteiger partial charge in [-0.3, -0.25) is 19.4 Å². The number of nitrogens with one attached hydrogen (secondary N) is 2. The number of hydrogen-bond acceptors (Lipinski definition) is 4. The van der Waals surface area contributed by atoms with Crippen LogP contribution in [0.15, 0.2) is 42.6 Å². The van der Waals surface area contributed by atoms with Gasteiger partial charge < -0.3 is 10.6 Å². The van der Waals surface area contributed by atoms with Crippen LogP contribution < -0.4 is 10.6 Å². The molecule has 2 aromatic rings. The van der Waals surface area contributed by atoms with Crippen LogP contribution in [0.2, 0.25) is 0 Å². The van der Waals surface area contributed by atoms with E-state index in [0.717, 1.165) is 25.7 Å². The second kappa shape index (κ2) is 7.91. The molecular weight excluding hydrogens is 330 g/mol. The SMILES string of the molecule is CC(=O)c1ccc(NC(=O)c2ccnc(C(=O)NC3CCCC3)c2)cc1. The van der Waals surface area contributed by atoms with Gasteiger partial charge in [-0.15, -0.1) is 0 Å². The zero-order chi connectivity index (χ0) is 18.5. The van der Waals surface area contributed by atoms with E-state index in [1.807, 2.05) is 0 Å². The van der Waals surface area contributed by atoms with Crippen molar-refractivity contribution >= 4 is 23.3 Å². The fourth-order valence-corrected chi connectivity index (χ4v) is 3.02. The van der Waals surface area contributed by atoms with E-state index in [4.69, 9.17) is 0 Å². The van der Waals surface area contributed by atoms with Gasteiger partial charge in [0.1, 0.15) is 5.69 Å². The van der Waals surface area contributed by atoms with E-state index in [-0.39, 0.29) is 29.3 Å². The summed E-state index contributed by atoms with van der Waals surface area (Å²) < 4.78 is 0. The van der Waals surface area contributed by atoms with Gasteiger partial charge in [0, 0.05) is 29.1 Å². The van der Waals surface area contributed by atoms with Gasteiger partial charge >= 0.3 is 0 Å². The monoisotopic (exact) mass is 351 g/mol. The molecule has 1 saturated carbocycles. The molecular formula is C20H21N3O3. The average molecular weight is 351 g/mol. The van der Waals surface area contributed by atoms with Crippen molar-refractivity contribution in [3.8, 4) is 0 Å². The van der Waals surface area contributed by atoms with Gasteiger partial charge in [0.2, 0.25) is 0 Å². The molecule has 0 aliphatic heterocycles. The minimum Gasteiger partial charge on any atom is -0.348 e. The number of carbonyl (C=O) groups excluding carboxylic acids is 3. The topological polar surface area (TPSA) is 88.2 Å². The van der Waals surface area contributed by atoms with Crippen molar-refractivity contribution in [2.75, 3.05) is 5.32 Å². The lowest BCUT2D eigenvalue weighted by Crippen LogP contribution is -2.33. The fourth-order valence-electron chi connectivity index (χ4n) is 3.02. The van der Waals surface area contributed by atoms with Crippen LogP contribution in [0.4, 0.5) is 5.69 Å². The molecule has 6 heteroatoms. The standard InChI is InChI=1S/C20H21N3O3/c1-13(24)14-6-8-17(9-7-14)22-19(25)15-10-11-21-18(12-15)20(26)23-16-4-2-3-5-16/h6-12,16H,2-5H2,1H3,(H,22,25)(H,23,26). The fraction of sp³-hybridized carbons (Fsp3) is 0.300. The molecule has 3 rings (SSSR count). The van der Waals surface area contributed by atoms with E-state index in [9.17, 15) is 14.4 Å². The molecule has 1 aromatic heterocycles. The smallest absolute Gasteiger partial charge is 0.270 e. The quantitative estimate of drug-likeness (QED) is 0.810. The Balaban J connectivity index is 1.67. The van der Waals surface area contributed by atoms with Gasteiger partial charge in [-0.25, -0.2) is 0 Å². The predicted molar refractivity (Wildman–Crippen MR) is 98.4 cm³/mol. The third-order valence-electron chi connectivity index (χ3n) is 4.49. The Morgan fingerprint density at radius 1 is 0.962 bits per heavy atom. The first kappa shape index (κ1) is 17.8. The molecule has 0 atom stereocenters. The van der Waals surface area contributed by atoms with Crippen LogP contribution in [-0.2, 0) is 0 Å². The number of rotatable bonds is 5. The summed E-state index contributed by atoms with van der Waals surface area (Å²) in [7, 11) is 0. The second-order valence-electron chi connectivity index (χ2n) is 6.47. The Morgan fingerprint density at radius 2 is 1.65 bits per heavy atom. The maximum Gasteiger partial charge on any atom is 0.270 e. The van der Waals surface area contributed by atoms with Gasteiger partial charge in [-0.1, -0.05) is 12.8 Å². The van der Waals surface area contributed by atoms with Crippen LogP contribution in [0.3, 0.4) is 0 Å². The Labute approximate surface area is 152 Å². The number of amides is 2. The zero-order valence-electron chi connectivity index (χ0n) is 14.6. The number of ketones is 1. The predicted octanol–water partition coefficient (Wildman–Crippen LogP) is 3.21. The molecule has 2 amide bonds. The summed E-state index contributed by atoms with van der Waals surface area (Å²) >= 11 is 0. The lowest BCUT2D eigenvalue weighted by Gasteiger charge is -2.12. The molecule has 0 spiro atoms. The molecule has 0 radical (unpaired) electrons. The van der Waals surface area contributed by atoms with Crippen LogP contribution in [0.25, 0.3) is 0 Å². The second-order valence-corrected chi connectivity index (χ2v) is 6.47. The van der Waals surface area contributed by atoms with Crippen molar-refractivity contribution in [2.24, 2.45) is 0 Å². The van der Waals surface area contributed by atoms with Crippen molar-refractivity contribution in [3.63, 3.8) is 0 Å². The molecule has 26 heavy (non-hydrogen) atoms. The van der Waals surface area contributed by atoms with E-state index in [0.29, 0.717) is 16.8 Å². The van der Waals surface area contributed by atoms with Crippen molar-refractivity contribution in [2.45, 2.75) is 38.6 Å². The summed E-state index contributed by atoms with van der Waals surface area (Å²) in [5, 5.41) is 5.72. The summed E-state index contributed by atoms with van der Waals surface area (Å²) in [6, 6.07) is 9.90. The summed E-state index contributed by atoms with van der Waals surface area (Å²) in [4.78, 5) is 40.1. The van der Waals surface area contributed by atoms with Crippen LogP contribution in [0.5, 0.6) is 0 Å². The molecule has 1 aliphatic rings. The zero-order valence-corrected chi connectivity index (χ0v) is 14.6. The highest BCUT2D eigenvalue weighted by Gasteiger charge is 2.19. The number of anilines is 1. The molecule has 2 N–H and O–H groups in total. The van der Waals surface area contributed by atoms with Crippen LogP contribution in [0.1, 0.15) is 63.8 Å². The molecule has 6 nitrogen and oxygen atoms in total. The molecule has 0 bridgehead atoms. The minimum absolute atomic E-state index is 0.0325. The maximum absolute atomic E-state index is 12.4. The van der Waals surface area contributed by atoms with Crippen LogP contribution in [-0.4, -0.2) is 28.6 Å². The number of benzene rings is 1. The van der Waals surface area contributed by atoms with Gasteiger partial charge in [0.25, 0.3) is 11.8 Å². The first-order valence-electron chi connectivity index (χ1n) is 8.72. The van der Waals surface area contributed by atoms with E-state index >= 15 is 0 Å². The number of nitrogens with zero attached hydrogens (tertiary/aromatic N) is 1. The normalized spacial score (nSPS) is 14.0. The van der Waals surface area contributed by atoms with E-state index in [2.05, 4.69) is 15.6 Å². The Bertz CT molecular complexity index is 824. The Kier molecular flexibility index (Phi) is 5.41. The van der Waals surface area contributed by atoms with Gasteiger partial charge in [-0.05, 0) is 56.2 Å². The number of Topliss-reactive ketones (excluding diaryl/α,β-unsaturated/α-hetero) is 1. The lowest BCUT2D eigenvalue weighted by atomic mass is 10.1. The molecule has 0 saturated heterocycles. The van der Waals surface area contributed by atoms with Gasteiger partial charge in [0.15, 0.2) is 5.78 Å². The first-order valence-corrected chi connectivity index (χ1v) is 8.72. The minimum atomic E-state index is -0.335. The summed E-state index contributed by atoms with van der Waals surface area (Å²) in [5.41, 5.74) is 1.75. The van der Waals surface area contributed by atoms with E-state index in [1.54, 1.807) is 30.3 Å². The lowest BCUT2D eigenvalue weighted by molar-refractivity contribution is 0.0932. The third kappa shape index (κ3) is 4.33. The highest BCUT2D eigenvalue weighted by atomic mass is 16.2. The molecule has 1 aromatic carbocycles. The number of carbonyl (C=O) groups is 3. The summed E-state index contributed by atoms with van der Waals surface area (Å²) in [6.45, 7) is 1.49. The molecule has 1 aliphatic carbocycles. The van der Waals surface area contributed by atoms with Crippen molar-refractivity contribution in [1.29, 1.82) is 0 Å². The molecule has 134 valence electrons. The highest BCUT2D eigenvalue weighted by Crippen LogP contribution is 2.18. The first-order chi connectivity index (χ1) is 12.5. The van der Waals surface area contributed by atoms with E-state index < -0.39 is 0 Å². The average Bonchev–Trinajstić information content (AvgIpc) is 3.15. The Hall–Kier alpha value is -3.02. The van der Waals surface area contributed by atoms with Crippen LogP contribution in [0, 0.1) is 0 Å².